The number of halogens is 3. The summed E-state index contributed by atoms with van der Waals surface area (Å²) in [5, 5.41) is 3.08. The lowest BCUT2D eigenvalue weighted by molar-refractivity contribution is -0.274. The largest absolute Gasteiger partial charge is 0.573 e. The Hall–Kier alpha value is -3.62. The van der Waals surface area contributed by atoms with Crippen LogP contribution in [0.2, 0.25) is 18.1 Å². The molecule has 1 N–H and O–H groups in total. The molecule has 1 aliphatic carbocycles. The molecule has 3 aromatic rings. The number of benzene rings is 1. The van der Waals surface area contributed by atoms with Gasteiger partial charge in [-0.25, -0.2) is 14.8 Å². The predicted octanol–water partition coefficient (Wildman–Crippen LogP) is 6.55. The number of nitrogens with one attached hydrogen (secondary N) is 1. The number of ether oxygens (including phenoxy) is 2. The molecule has 3 heterocycles. The van der Waals surface area contributed by atoms with Crippen molar-refractivity contribution in [2.75, 3.05) is 57.2 Å². The van der Waals surface area contributed by atoms with E-state index >= 15 is 0 Å². The molecule has 1 aliphatic heterocycles. The van der Waals surface area contributed by atoms with Crippen LogP contribution in [-0.4, -0.2) is 87.0 Å². The van der Waals surface area contributed by atoms with Crippen LogP contribution in [0.15, 0.2) is 24.4 Å². The van der Waals surface area contributed by atoms with Gasteiger partial charge in [-0.05, 0) is 68.7 Å². The Kier molecular flexibility index (Phi) is 9.68. The molecule has 1 aromatic carbocycles. The van der Waals surface area contributed by atoms with E-state index in [-0.39, 0.29) is 22.4 Å². The van der Waals surface area contributed by atoms with E-state index in [9.17, 15) is 18.0 Å². The molecule has 0 spiro atoms. The van der Waals surface area contributed by atoms with Gasteiger partial charge in [-0.2, -0.15) is 0 Å². The van der Waals surface area contributed by atoms with Gasteiger partial charge >= 0.3 is 12.3 Å². The molecular weight excluding hydrogens is 629 g/mol. The maximum Gasteiger partial charge on any atom is 0.573 e. The fraction of sp³-hybridized carbons (Fsp3) is 0.545. The van der Waals surface area contributed by atoms with Gasteiger partial charge in [0.2, 0.25) is 5.95 Å². The first-order valence-electron chi connectivity index (χ1n) is 15.9. The van der Waals surface area contributed by atoms with Crippen LogP contribution in [0, 0.1) is 6.92 Å². The first-order valence-corrected chi connectivity index (χ1v) is 18.8. The quantitative estimate of drug-likeness (QED) is 0.200. The summed E-state index contributed by atoms with van der Waals surface area (Å²) in [6, 6.07) is 4.60. The van der Waals surface area contributed by atoms with Gasteiger partial charge in [-0.1, -0.05) is 20.8 Å². The van der Waals surface area contributed by atoms with E-state index in [2.05, 4.69) is 58.7 Å². The minimum atomic E-state index is -4.88. The third kappa shape index (κ3) is 7.59. The molecule has 1 fully saturated rings. The Morgan fingerprint density at radius 2 is 1.72 bits per heavy atom. The highest BCUT2D eigenvalue weighted by molar-refractivity contribution is 6.74. The summed E-state index contributed by atoms with van der Waals surface area (Å²) in [6.45, 7) is 16.9. The predicted molar refractivity (Wildman–Crippen MR) is 178 cm³/mol. The van der Waals surface area contributed by atoms with Crippen LogP contribution in [0.5, 0.6) is 5.75 Å². The summed E-state index contributed by atoms with van der Waals surface area (Å²) < 4.78 is 58.3. The second-order valence-electron chi connectivity index (χ2n) is 13.8. The summed E-state index contributed by atoms with van der Waals surface area (Å²) in [4.78, 5) is 26.7. The number of carbonyl (C=O) groups excluding carboxylic acids is 1. The van der Waals surface area contributed by atoms with E-state index in [0.29, 0.717) is 42.9 Å². The Bertz CT molecular complexity index is 1630. The van der Waals surface area contributed by atoms with Crippen molar-refractivity contribution < 1.29 is 31.9 Å². The van der Waals surface area contributed by atoms with Gasteiger partial charge in [0.05, 0.1) is 36.4 Å². The lowest BCUT2D eigenvalue weighted by atomic mass is 9.91. The van der Waals surface area contributed by atoms with Gasteiger partial charge < -0.3 is 33.6 Å². The van der Waals surface area contributed by atoms with Gasteiger partial charge in [-0.15, -0.1) is 13.2 Å². The molecule has 47 heavy (non-hydrogen) atoms. The monoisotopic (exact) mass is 674 g/mol. The number of anilines is 3. The standard InChI is InChI=1S/C33H45F3N6O4Si/c1-21-23-10-11-24-25(30(43)44-6)20-42(17-18-45-47(7,8)32(2,3)4)29(24)28(23)39-31(37-21)38-26-19-22(41-15-13-40(5)14-16-41)9-12-27(26)46-33(34,35)36/h9,12,19-20H,10-11,13-18H2,1-8H3,(H,37,38,39). The van der Waals surface area contributed by atoms with E-state index in [4.69, 9.17) is 14.1 Å². The molecule has 256 valence electrons. The first-order chi connectivity index (χ1) is 22.0. The number of likely N-dealkylation sites (N-methyl/N-ethyl adjacent to an activating group) is 1. The van der Waals surface area contributed by atoms with Crippen LogP contribution in [0.1, 0.15) is 48.0 Å². The van der Waals surface area contributed by atoms with Gasteiger partial charge in [0.25, 0.3) is 0 Å². The molecule has 0 amide bonds. The summed E-state index contributed by atoms with van der Waals surface area (Å²) in [6.07, 6.45) is -1.90. The van der Waals surface area contributed by atoms with Crippen molar-refractivity contribution in [1.29, 1.82) is 0 Å². The van der Waals surface area contributed by atoms with Gasteiger partial charge in [0.1, 0.15) is 0 Å². The van der Waals surface area contributed by atoms with Crippen LogP contribution in [0.3, 0.4) is 0 Å². The summed E-state index contributed by atoms with van der Waals surface area (Å²) in [5.74, 6) is -0.691. The fourth-order valence-corrected chi connectivity index (χ4v) is 6.85. The van der Waals surface area contributed by atoms with E-state index in [1.807, 2.05) is 18.5 Å². The summed E-state index contributed by atoms with van der Waals surface area (Å²) >= 11 is 0. The second kappa shape index (κ2) is 13.1. The molecule has 5 rings (SSSR count). The number of nitrogens with zero attached hydrogens (tertiary/aromatic N) is 5. The van der Waals surface area contributed by atoms with Gasteiger partial charge in [0, 0.05) is 55.9 Å². The number of hydrogen-bond donors (Lipinski definition) is 1. The van der Waals surface area contributed by atoms with Gasteiger partial charge in [-0.3, -0.25) is 0 Å². The zero-order valence-corrected chi connectivity index (χ0v) is 29.5. The number of esters is 1. The van der Waals surface area contributed by atoms with Crippen LogP contribution in [0.25, 0.3) is 11.4 Å². The first kappa shape index (κ1) is 34.7. The number of aromatic nitrogens is 3. The van der Waals surface area contributed by atoms with E-state index in [1.165, 1.54) is 13.2 Å². The minimum Gasteiger partial charge on any atom is -0.465 e. The average molecular weight is 675 g/mol. The number of hydrogen-bond acceptors (Lipinski definition) is 9. The molecule has 2 aliphatic rings. The highest BCUT2D eigenvalue weighted by atomic mass is 28.4. The summed E-state index contributed by atoms with van der Waals surface area (Å²) in [5.41, 5.74) is 5.15. The van der Waals surface area contributed by atoms with Crippen LogP contribution < -0.4 is 15.0 Å². The number of piperazine rings is 1. The van der Waals surface area contributed by atoms with Crippen molar-refractivity contribution in [3.8, 4) is 17.1 Å². The lowest BCUT2D eigenvalue weighted by Crippen LogP contribution is -2.44. The number of rotatable bonds is 9. The minimum absolute atomic E-state index is 0.0358. The Morgan fingerprint density at radius 3 is 2.36 bits per heavy atom. The zero-order valence-electron chi connectivity index (χ0n) is 28.5. The number of methoxy groups -OCH3 is 1. The van der Waals surface area contributed by atoms with E-state index in [0.717, 1.165) is 48.7 Å². The number of alkyl halides is 3. The van der Waals surface area contributed by atoms with Crippen LogP contribution >= 0.6 is 0 Å². The third-order valence-electron chi connectivity index (χ3n) is 9.56. The second-order valence-corrected chi connectivity index (χ2v) is 18.6. The molecule has 0 unspecified atom stereocenters. The maximum absolute atomic E-state index is 13.4. The molecule has 0 atom stereocenters. The normalized spacial score (nSPS) is 15.7. The molecule has 10 nitrogen and oxygen atoms in total. The molecule has 14 heteroatoms. The molecule has 2 aromatic heterocycles. The van der Waals surface area contributed by atoms with Crippen molar-refractivity contribution in [2.45, 2.75) is 71.6 Å². The summed E-state index contributed by atoms with van der Waals surface area (Å²) in [7, 11) is 1.36. The van der Waals surface area contributed by atoms with Crippen molar-refractivity contribution >= 4 is 31.6 Å². The Labute approximate surface area is 275 Å². The molecular formula is C33H45F3N6O4Si. The van der Waals surface area contributed by atoms with Crippen molar-refractivity contribution in [1.82, 2.24) is 19.4 Å². The highest BCUT2D eigenvalue weighted by Crippen LogP contribution is 2.40. The van der Waals surface area contributed by atoms with E-state index in [1.54, 1.807) is 18.3 Å². The third-order valence-corrected chi connectivity index (χ3v) is 14.1. The van der Waals surface area contributed by atoms with Gasteiger partial charge in [0.15, 0.2) is 14.1 Å². The average Bonchev–Trinajstić information content (AvgIpc) is 3.36. The Balaban J connectivity index is 1.53. The zero-order chi connectivity index (χ0) is 34.3. The number of aryl methyl sites for hydroxylation is 1. The Morgan fingerprint density at radius 1 is 1.04 bits per heavy atom. The lowest BCUT2D eigenvalue weighted by Gasteiger charge is -2.36. The van der Waals surface area contributed by atoms with Crippen molar-refractivity contribution in [2.24, 2.45) is 0 Å². The SMILES string of the molecule is COC(=O)c1cn(CCO[Si](C)(C)C(C)(C)C)c2c1CCc1c(C)nc(Nc3cc(N4CCN(C)CC4)ccc3OC(F)(F)F)nc1-2. The molecule has 0 bridgehead atoms. The fourth-order valence-electron chi connectivity index (χ4n) is 5.82. The topological polar surface area (TPSA) is 94.0 Å². The van der Waals surface area contributed by atoms with Crippen molar-refractivity contribution in [3.05, 3.63) is 46.8 Å². The van der Waals surface area contributed by atoms with Crippen molar-refractivity contribution in [3.63, 3.8) is 0 Å². The molecule has 1 saturated heterocycles. The van der Waals surface area contributed by atoms with Crippen LogP contribution in [-0.2, 0) is 28.5 Å². The maximum atomic E-state index is 13.4. The highest BCUT2D eigenvalue weighted by Gasteiger charge is 2.37. The smallest absolute Gasteiger partial charge is 0.465 e. The number of fused-ring (bicyclic) bond motifs is 3. The van der Waals surface area contributed by atoms with E-state index < -0.39 is 20.6 Å². The molecule has 0 saturated carbocycles. The van der Waals surface area contributed by atoms with Crippen LogP contribution in [0.4, 0.5) is 30.5 Å². The number of carbonyl (C=O) groups is 1. The molecule has 0 radical (unpaired) electrons.